The molecule has 1 aromatic carbocycles. The normalized spacial score (nSPS) is 19.2. The Morgan fingerprint density at radius 2 is 2.19 bits per heavy atom. The summed E-state index contributed by atoms with van der Waals surface area (Å²) in [5.74, 6) is -0.276. The van der Waals surface area contributed by atoms with Gasteiger partial charge in [0.05, 0.1) is 24.8 Å². The zero-order valence-electron chi connectivity index (χ0n) is 11.8. The Balaban J connectivity index is 2.07. The molecule has 0 aromatic heterocycles. The summed E-state index contributed by atoms with van der Waals surface area (Å²) in [6.07, 6.45) is -0.00665. The predicted octanol–water partition coefficient (Wildman–Crippen LogP) is -0.0883. The molecule has 3 N–H and O–H groups in total. The predicted molar refractivity (Wildman–Crippen MR) is 78.5 cm³/mol. The van der Waals surface area contributed by atoms with Gasteiger partial charge in [0.2, 0.25) is 15.9 Å². The van der Waals surface area contributed by atoms with E-state index in [0.29, 0.717) is 13.2 Å². The van der Waals surface area contributed by atoms with E-state index < -0.39 is 10.0 Å². The molecule has 1 heterocycles. The van der Waals surface area contributed by atoms with E-state index in [4.69, 9.17) is 4.74 Å². The fraction of sp³-hybridized carbons (Fsp3) is 0.462. The second kappa shape index (κ2) is 6.99. The Morgan fingerprint density at radius 1 is 1.43 bits per heavy atom. The first-order valence-electron chi connectivity index (χ1n) is 6.67. The van der Waals surface area contributed by atoms with Crippen molar-refractivity contribution in [2.75, 3.05) is 32.1 Å². The van der Waals surface area contributed by atoms with Crippen molar-refractivity contribution in [3.05, 3.63) is 24.3 Å². The first-order valence-corrected chi connectivity index (χ1v) is 8.16. The van der Waals surface area contributed by atoms with Crippen molar-refractivity contribution >= 4 is 21.6 Å². The van der Waals surface area contributed by atoms with E-state index in [1.165, 1.54) is 13.1 Å². The third-order valence-corrected chi connectivity index (χ3v) is 4.61. The summed E-state index contributed by atoms with van der Waals surface area (Å²) in [7, 11) is -2.29. The van der Waals surface area contributed by atoms with E-state index >= 15 is 0 Å². The van der Waals surface area contributed by atoms with Gasteiger partial charge in [-0.25, -0.2) is 13.1 Å². The fourth-order valence-electron chi connectivity index (χ4n) is 2.07. The van der Waals surface area contributed by atoms with Crippen molar-refractivity contribution < 1.29 is 17.9 Å². The maximum atomic E-state index is 12.0. The molecule has 1 unspecified atom stereocenters. The molecule has 7 nitrogen and oxygen atoms in total. The van der Waals surface area contributed by atoms with Crippen LogP contribution >= 0.6 is 0 Å². The molecule has 1 fully saturated rings. The number of ether oxygens (including phenoxy) is 1. The topological polar surface area (TPSA) is 96.5 Å². The van der Waals surface area contributed by atoms with Crippen LogP contribution in [0.4, 0.5) is 5.69 Å². The van der Waals surface area contributed by atoms with Crippen molar-refractivity contribution in [2.45, 2.75) is 17.4 Å². The average molecular weight is 313 g/mol. The zero-order chi connectivity index (χ0) is 15.3. The van der Waals surface area contributed by atoms with Crippen LogP contribution in [0.25, 0.3) is 0 Å². The van der Waals surface area contributed by atoms with Gasteiger partial charge in [-0.3, -0.25) is 4.79 Å². The SMILES string of the molecule is CNS(=O)(=O)c1ccccc1NC(=O)CC1CNCCO1. The van der Waals surface area contributed by atoms with Gasteiger partial charge in [-0.15, -0.1) is 0 Å². The molecule has 1 aliphatic rings. The second-order valence-corrected chi connectivity index (χ2v) is 6.51. The van der Waals surface area contributed by atoms with Crippen LogP contribution in [-0.2, 0) is 19.6 Å². The summed E-state index contributed by atoms with van der Waals surface area (Å²) in [6, 6.07) is 6.28. The highest BCUT2D eigenvalue weighted by Gasteiger charge is 2.20. The van der Waals surface area contributed by atoms with Gasteiger partial charge < -0.3 is 15.4 Å². The molecule has 21 heavy (non-hydrogen) atoms. The Hall–Kier alpha value is -1.48. The van der Waals surface area contributed by atoms with Gasteiger partial charge in [0, 0.05) is 13.1 Å². The minimum atomic E-state index is -3.62. The summed E-state index contributed by atoms with van der Waals surface area (Å²) < 4.78 is 31.5. The van der Waals surface area contributed by atoms with Crippen molar-refractivity contribution in [3.8, 4) is 0 Å². The molecule has 0 spiro atoms. The summed E-state index contributed by atoms with van der Waals surface area (Å²) in [4.78, 5) is 12.1. The molecule has 8 heteroatoms. The minimum Gasteiger partial charge on any atom is -0.375 e. The Morgan fingerprint density at radius 3 is 2.86 bits per heavy atom. The number of carbonyl (C=O) groups excluding carboxylic acids is 1. The first-order chi connectivity index (χ1) is 10.0. The summed E-state index contributed by atoms with van der Waals surface area (Å²) in [5, 5.41) is 5.77. The number of benzene rings is 1. The van der Waals surface area contributed by atoms with E-state index in [1.54, 1.807) is 18.2 Å². The number of hydrogen-bond donors (Lipinski definition) is 3. The molecule has 0 saturated carbocycles. The molecule has 1 amide bonds. The zero-order valence-corrected chi connectivity index (χ0v) is 12.6. The lowest BCUT2D eigenvalue weighted by molar-refractivity contribution is -0.119. The fourth-order valence-corrected chi connectivity index (χ4v) is 2.96. The highest BCUT2D eigenvalue weighted by Crippen LogP contribution is 2.20. The number of anilines is 1. The number of amides is 1. The maximum Gasteiger partial charge on any atom is 0.242 e. The largest absolute Gasteiger partial charge is 0.375 e. The number of rotatable bonds is 5. The quantitative estimate of drug-likeness (QED) is 0.706. The second-order valence-electron chi connectivity index (χ2n) is 4.65. The molecule has 0 aliphatic carbocycles. The van der Waals surface area contributed by atoms with Crippen LogP contribution in [0, 0.1) is 0 Å². The van der Waals surface area contributed by atoms with E-state index in [1.807, 2.05) is 0 Å². The van der Waals surface area contributed by atoms with Crippen LogP contribution in [0.5, 0.6) is 0 Å². The molecule has 116 valence electrons. The first kappa shape index (κ1) is 15.9. The molecule has 1 atom stereocenters. The van der Waals surface area contributed by atoms with Gasteiger partial charge in [-0.05, 0) is 19.2 Å². The van der Waals surface area contributed by atoms with Gasteiger partial charge in [0.15, 0.2) is 0 Å². The lowest BCUT2D eigenvalue weighted by Crippen LogP contribution is -2.40. The summed E-state index contributed by atoms with van der Waals surface area (Å²) >= 11 is 0. The number of nitrogens with one attached hydrogen (secondary N) is 3. The van der Waals surface area contributed by atoms with E-state index in [0.717, 1.165) is 6.54 Å². The third kappa shape index (κ3) is 4.24. The van der Waals surface area contributed by atoms with E-state index in [9.17, 15) is 13.2 Å². The molecule has 1 saturated heterocycles. The minimum absolute atomic E-state index is 0.0449. The number of sulfonamides is 1. The van der Waals surface area contributed by atoms with Crippen molar-refractivity contribution in [2.24, 2.45) is 0 Å². The Kier molecular flexibility index (Phi) is 5.29. The highest BCUT2D eigenvalue weighted by molar-refractivity contribution is 7.89. The van der Waals surface area contributed by atoms with E-state index in [2.05, 4.69) is 15.4 Å². The van der Waals surface area contributed by atoms with Crippen molar-refractivity contribution in [1.82, 2.24) is 10.0 Å². The molecule has 2 rings (SSSR count). The molecule has 1 aromatic rings. The summed E-state index contributed by atoms with van der Waals surface area (Å²) in [6.45, 7) is 1.97. The van der Waals surface area contributed by atoms with Gasteiger partial charge in [-0.1, -0.05) is 12.1 Å². The maximum absolute atomic E-state index is 12.0. The number of hydrogen-bond acceptors (Lipinski definition) is 5. The van der Waals surface area contributed by atoms with Crippen molar-refractivity contribution in [1.29, 1.82) is 0 Å². The van der Waals surface area contributed by atoms with Crippen LogP contribution in [0.15, 0.2) is 29.2 Å². The average Bonchev–Trinajstić information content (AvgIpc) is 2.48. The van der Waals surface area contributed by atoms with Gasteiger partial charge in [0.25, 0.3) is 0 Å². The number of morpholine rings is 1. The van der Waals surface area contributed by atoms with Crippen LogP contribution in [0.3, 0.4) is 0 Å². The van der Waals surface area contributed by atoms with E-state index in [-0.39, 0.29) is 29.0 Å². The Bertz CT molecular complexity index is 597. The third-order valence-electron chi connectivity index (χ3n) is 3.14. The number of carbonyl (C=O) groups is 1. The number of para-hydroxylation sites is 1. The molecule has 0 radical (unpaired) electrons. The van der Waals surface area contributed by atoms with Gasteiger partial charge in [-0.2, -0.15) is 0 Å². The lowest BCUT2D eigenvalue weighted by atomic mass is 10.2. The van der Waals surface area contributed by atoms with Gasteiger partial charge in [0.1, 0.15) is 4.90 Å². The van der Waals surface area contributed by atoms with Crippen LogP contribution in [-0.4, -0.2) is 47.2 Å². The van der Waals surface area contributed by atoms with Crippen LogP contribution in [0.2, 0.25) is 0 Å². The molecule has 1 aliphatic heterocycles. The monoisotopic (exact) mass is 313 g/mol. The molecular weight excluding hydrogens is 294 g/mol. The van der Waals surface area contributed by atoms with Crippen LogP contribution in [0.1, 0.15) is 6.42 Å². The Labute approximate surface area is 124 Å². The smallest absolute Gasteiger partial charge is 0.242 e. The van der Waals surface area contributed by atoms with Crippen molar-refractivity contribution in [3.63, 3.8) is 0 Å². The molecule has 0 bridgehead atoms. The molecular formula is C13H19N3O4S. The standard InChI is InChI=1S/C13H19N3O4S/c1-14-21(18,19)12-5-3-2-4-11(12)16-13(17)8-10-9-15-6-7-20-10/h2-5,10,14-15H,6-9H2,1H3,(H,16,17). The highest BCUT2D eigenvalue weighted by atomic mass is 32.2. The summed E-state index contributed by atoms with van der Waals surface area (Å²) in [5.41, 5.74) is 0.264. The van der Waals surface area contributed by atoms with Crippen LogP contribution < -0.4 is 15.4 Å². The lowest BCUT2D eigenvalue weighted by Gasteiger charge is -2.23. The van der Waals surface area contributed by atoms with Gasteiger partial charge >= 0.3 is 0 Å².